The molecule has 0 aliphatic rings. The molecule has 1 atom stereocenters. The molecule has 2 heteroatoms. The first-order chi connectivity index (χ1) is 11.7. The Bertz CT molecular complexity index is 591. The lowest BCUT2D eigenvalue weighted by molar-refractivity contribution is 0.306. The highest BCUT2D eigenvalue weighted by Crippen LogP contribution is 2.21. The van der Waals surface area contributed by atoms with Crippen molar-refractivity contribution in [3.05, 3.63) is 65.2 Å². The van der Waals surface area contributed by atoms with Crippen LogP contribution in [0.2, 0.25) is 0 Å². The smallest absolute Gasteiger partial charge is 0.119 e. The van der Waals surface area contributed by atoms with Crippen LogP contribution in [0.4, 0.5) is 0 Å². The van der Waals surface area contributed by atoms with Crippen molar-refractivity contribution >= 4 is 0 Å². The van der Waals surface area contributed by atoms with Gasteiger partial charge in [-0.3, -0.25) is 0 Å². The number of hydrogen-bond acceptors (Lipinski definition) is 2. The molecule has 0 aliphatic heterocycles. The average molecular weight is 325 g/mol. The zero-order chi connectivity index (χ0) is 17.2. The molecule has 2 nitrogen and oxygen atoms in total. The van der Waals surface area contributed by atoms with Crippen molar-refractivity contribution in [2.75, 3.05) is 6.61 Å². The predicted octanol–water partition coefficient (Wildman–Crippen LogP) is 5.80. The van der Waals surface area contributed by atoms with E-state index in [0.29, 0.717) is 6.04 Å². The maximum atomic E-state index is 5.80. The first-order valence-corrected chi connectivity index (χ1v) is 9.25. The third-order valence-electron chi connectivity index (χ3n) is 4.51. The molecule has 0 spiro atoms. The molecule has 0 aromatic heterocycles. The monoisotopic (exact) mass is 325 g/mol. The largest absolute Gasteiger partial charge is 0.494 e. The number of aryl methyl sites for hydroxylation is 1. The van der Waals surface area contributed by atoms with E-state index in [4.69, 9.17) is 4.74 Å². The number of benzene rings is 2. The molecular weight excluding hydrogens is 294 g/mol. The lowest BCUT2D eigenvalue weighted by atomic mass is 10.0. The quantitative estimate of drug-likeness (QED) is 0.557. The van der Waals surface area contributed by atoms with E-state index in [9.17, 15) is 0 Å². The molecule has 1 N–H and O–H groups in total. The van der Waals surface area contributed by atoms with Crippen molar-refractivity contribution in [1.82, 2.24) is 5.32 Å². The van der Waals surface area contributed by atoms with E-state index in [1.165, 1.54) is 29.5 Å². The van der Waals surface area contributed by atoms with Gasteiger partial charge in [-0.25, -0.2) is 0 Å². The SMILES string of the molecule is CCCCCOc1ccc(C(CC)NCc2ccccc2C)cc1. The molecule has 2 aromatic rings. The molecular formula is C22H31NO. The van der Waals surface area contributed by atoms with Gasteiger partial charge in [-0.15, -0.1) is 0 Å². The number of ether oxygens (including phenoxy) is 1. The topological polar surface area (TPSA) is 21.3 Å². The Morgan fingerprint density at radius 2 is 1.71 bits per heavy atom. The molecule has 0 aliphatic carbocycles. The van der Waals surface area contributed by atoms with Gasteiger partial charge in [0.1, 0.15) is 5.75 Å². The lowest BCUT2D eigenvalue weighted by Crippen LogP contribution is -2.20. The number of nitrogens with one attached hydrogen (secondary N) is 1. The van der Waals surface area contributed by atoms with Gasteiger partial charge in [0.25, 0.3) is 0 Å². The molecule has 0 amide bonds. The van der Waals surface area contributed by atoms with Gasteiger partial charge in [-0.1, -0.05) is 63.1 Å². The minimum Gasteiger partial charge on any atom is -0.494 e. The van der Waals surface area contributed by atoms with Crippen LogP contribution in [0.15, 0.2) is 48.5 Å². The number of rotatable bonds is 10. The molecule has 2 rings (SSSR count). The molecule has 0 heterocycles. The Morgan fingerprint density at radius 1 is 0.958 bits per heavy atom. The Morgan fingerprint density at radius 3 is 2.38 bits per heavy atom. The summed E-state index contributed by atoms with van der Waals surface area (Å²) in [5.74, 6) is 0.976. The zero-order valence-corrected chi connectivity index (χ0v) is 15.3. The van der Waals surface area contributed by atoms with Gasteiger partial charge in [0.15, 0.2) is 0 Å². The van der Waals surface area contributed by atoms with Gasteiger partial charge in [-0.2, -0.15) is 0 Å². The fourth-order valence-corrected chi connectivity index (χ4v) is 2.88. The van der Waals surface area contributed by atoms with Crippen molar-refractivity contribution in [1.29, 1.82) is 0 Å². The van der Waals surface area contributed by atoms with Crippen molar-refractivity contribution in [3.8, 4) is 5.75 Å². The second-order valence-corrected chi connectivity index (χ2v) is 6.39. The number of hydrogen-bond donors (Lipinski definition) is 1. The van der Waals surface area contributed by atoms with E-state index in [1.54, 1.807) is 0 Å². The van der Waals surface area contributed by atoms with Crippen molar-refractivity contribution in [2.45, 2.75) is 59.0 Å². The maximum absolute atomic E-state index is 5.80. The van der Waals surface area contributed by atoms with Gasteiger partial charge in [0.2, 0.25) is 0 Å². The van der Waals surface area contributed by atoms with Crippen molar-refractivity contribution in [3.63, 3.8) is 0 Å². The van der Waals surface area contributed by atoms with E-state index in [1.807, 2.05) is 0 Å². The van der Waals surface area contributed by atoms with Crippen LogP contribution in [-0.2, 0) is 6.54 Å². The fraction of sp³-hybridized carbons (Fsp3) is 0.455. The summed E-state index contributed by atoms with van der Waals surface area (Å²) in [6.45, 7) is 8.33. The molecule has 0 saturated heterocycles. The van der Waals surface area contributed by atoms with E-state index in [0.717, 1.165) is 31.7 Å². The summed E-state index contributed by atoms with van der Waals surface area (Å²) >= 11 is 0. The summed E-state index contributed by atoms with van der Waals surface area (Å²) in [7, 11) is 0. The average Bonchev–Trinajstić information content (AvgIpc) is 2.62. The highest BCUT2D eigenvalue weighted by Gasteiger charge is 2.09. The molecule has 0 radical (unpaired) electrons. The minimum atomic E-state index is 0.374. The van der Waals surface area contributed by atoms with Gasteiger partial charge in [-0.05, 0) is 48.6 Å². The van der Waals surface area contributed by atoms with Gasteiger partial charge >= 0.3 is 0 Å². The van der Waals surface area contributed by atoms with Crippen LogP contribution < -0.4 is 10.1 Å². The Labute approximate surface area is 147 Å². The predicted molar refractivity (Wildman–Crippen MR) is 103 cm³/mol. The third-order valence-corrected chi connectivity index (χ3v) is 4.51. The van der Waals surface area contributed by atoms with Gasteiger partial charge < -0.3 is 10.1 Å². The van der Waals surface area contributed by atoms with Crippen LogP contribution in [0.5, 0.6) is 5.75 Å². The molecule has 24 heavy (non-hydrogen) atoms. The minimum absolute atomic E-state index is 0.374. The van der Waals surface area contributed by atoms with E-state index >= 15 is 0 Å². The molecule has 0 bridgehead atoms. The zero-order valence-electron chi connectivity index (χ0n) is 15.3. The van der Waals surface area contributed by atoms with E-state index < -0.39 is 0 Å². The lowest BCUT2D eigenvalue weighted by Gasteiger charge is -2.19. The van der Waals surface area contributed by atoms with E-state index in [2.05, 4.69) is 74.6 Å². The summed E-state index contributed by atoms with van der Waals surface area (Å²) < 4.78 is 5.80. The van der Waals surface area contributed by atoms with Crippen LogP contribution in [0.25, 0.3) is 0 Å². The second-order valence-electron chi connectivity index (χ2n) is 6.39. The normalized spacial score (nSPS) is 12.1. The Balaban J connectivity index is 1.89. The molecule has 2 aromatic carbocycles. The molecule has 0 saturated carbocycles. The van der Waals surface area contributed by atoms with Crippen LogP contribution in [-0.4, -0.2) is 6.61 Å². The highest BCUT2D eigenvalue weighted by molar-refractivity contribution is 5.30. The van der Waals surface area contributed by atoms with Crippen LogP contribution in [0.1, 0.15) is 62.3 Å². The standard InChI is InChI=1S/C22H31NO/c1-4-6-9-16-24-21-14-12-19(13-15-21)22(5-2)23-17-20-11-8-7-10-18(20)3/h7-8,10-15,22-23H,4-6,9,16-17H2,1-3H3. The summed E-state index contributed by atoms with van der Waals surface area (Å²) in [6.07, 6.45) is 4.67. The Kier molecular flexibility index (Phi) is 7.84. The summed E-state index contributed by atoms with van der Waals surface area (Å²) in [6, 6.07) is 17.5. The molecule has 130 valence electrons. The molecule has 0 fully saturated rings. The van der Waals surface area contributed by atoms with E-state index in [-0.39, 0.29) is 0 Å². The first kappa shape index (κ1) is 18.5. The highest BCUT2D eigenvalue weighted by atomic mass is 16.5. The van der Waals surface area contributed by atoms with Crippen molar-refractivity contribution < 1.29 is 4.74 Å². The molecule has 1 unspecified atom stereocenters. The second kappa shape index (κ2) is 10.1. The van der Waals surface area contributed by atoms with Gasteiger partial charge in [0.05, 0.1) is 6.61 Å². The van der Waals surface area contributed by atoms with Crippen LogP contribution >= 0.6 is 0 Å². The third kappa shape index (κ3) is 5.68. The maximum Gasteiger partial charge on any atom is 0.119 e. The summed E-state index contributed by atoms with van der Waals surface area (Å²) in [5, 5.41) is 3.68. The first-order valence-electron chi connectivity index (χ1n) is 9.25. The van der Waals surface area contributed by atoms with Crippen LogP contribution in [0, 0.1) is 6.92 Å². The van der Waals surface area contributed by atoms with Crippen LogP contribution in [0.3, 0.4) is 0 Å². The summed E-state index contributed by atoms with van der Waals surface area (Å²) in [4.78, 5) is 0. The fourth-order valence-electron chi connectivity index (χ4n) is 2.88. The van der Waals surface area contributed by atoms with Gasteiger partial charge in [0, 0.05) is 12.6 Å². The van der Waals surface area contributed by atoms with Crippen molar-refractivity contribution in [2.24, 2.45) is 0 Å². The number of unbranched alkanes of at least 4 members (excludes halogenated alkanes) is 2. The Hall–Kier alpha value is -1.80. The summed E-state index contributed by atoms with van der Waals surface area (Å²) in [5.41, 5.74) is 4.04.